The Hall–Kier alpha value is -5.55. The van der Waals surface area contributed by atoms with Gasteiger partial charge in [-0.15, -0.1) is 0 Å². The monoisotopic (exact) mass is 662 g/mol. The average Bonchev–Trinajstić information content (AvgIpc) is 3.13. The van der Waals surface area contributed by atoms with Gasteiger partial charge in [-0.25, -0.2) is 0 Å². The first-order valence-electron chi connectivity index (χ1n) is 17.1. The maximum absolute atomic E-state index is 14.0. The number of Topliss-reactive ketones (excluding diaryl/α,β-unsaturated/α-hetero) is 1. The molecule has 0 bridgehead atoms. The van der Waals surface area contributed by atoms with Crippen molar-refractivity contribution < 1.29 is 4.79 Å². The molecular weight excluding hydrogens is 613 g/mol. The van der Waals surface area contributed by atoms with Gasteiger partial charge >= 0.3 is 0 Å². The molecule has 50 heavy (non-hydrogen) atoms. The Morgan fingerprint density at radius 3 is 0.960 bits per heavy atom. The second-order valence-corrected chi connectivity index (χ2v) is 13.6. The van der Waals surface area contributed by atoms with Crippen molar-refractivity contribution in [1.82, 2.24) is 0 Å². The van der Waals surface area contributed by atoms with Crippen molar-refractivity contribution in [2.45, 2.75) is 6.42 Å². The van der Waals surface area contributed by atoms with Crippen LogP contribution in [0.25, 0.3) is 11.1 Å². The molecule has 0 saturated carbocycles. The summed E-state index contributed by atoms with van der Waals surface area (Å²) < 4.78 is 0. The average molecular weight is 663 g/mol. The van der Waals surface area contributed by atoms with Crippen LogP contribution in [0.5, 0.6) is 0 Å². The van der Waals surface area contributed by atoms with Gasteiger partial charge in [0.05, 0.1) is 0 Å². The molecular formula is C45H50N4O. The van der Waals surface area contributed by atoms with Crippen molar-refractivity contribution in [1.29, 1.82) is 0 Å². The molecule has 5 heteroatoms. The Labute approximate surface area is 299 Å². The molecule has 0 radical (unpaired) electrons. The van der Waals surface area contributed by atoms with Crippen LogP contribution in [-0.4, -0.2) is 62.2 Å². The van der Waals surface area contributed by atoms with E-state index in [1.165, 1.54) is 0 Å². The SMILES string of the molecule is CN(C)c1ccc(C(=CC(C=C(c2ccc(N(C)C)cc2)c2ccc(N(C)C)cc2)CC(=O)c2ccccc2)c2ccc(N(C)C)cc2)cc1. The van der Waals surface area contributed by atoms with Crippen LogP contribution >= 0.6 is 0 Å². The summed E-state index contributed by atoms with van der Waals surface area (Å²) in [6, 6.07) is 44.3. The van der Waals surface area contributed by atoms with Gasteiger partial charge in [-0.1, -0.05) is 91.0 Å². The van der Waals surface area contributed by atoms with Crippen LogP contribution in [0.15, 0.2) is 140 Å². The fraction of sp³-hybridized carbons (Fsp3) is 0.222. The Balaban J connectivity index is 1.72. The lowest BCUT2D eigenvalue weighted by molar-refractivity contribution is 0.0975. The number of rotatable bonds is 13. The lowest BCUT2D eigenvalue weighted by Crippen LogP contribution is -2.10. The van der Waals surface area contributed by atoms with Gasteiger partial charge in [-0.2, -0.15) is 0 Å². The van der Waals surface area contributed by atoms with Crippen molar-refractivity contribution in [3.8, 4) is 0 Å². The van der Waals surface area contributed by atoms with E-state index in [4.69, 9.17) is 0 Å². The third-order valence-corrected chi connectivity index (χ3v) is 9.06. The van der Waals surface area contributed by atoms with E-state index in [2.05, 4.69) is 185 Å². The van der Waals surface area contributed by atoms with E-state index in [1.54, 1.807) is 0 Å². The molecule has 0 aromatic heterocycles. The number of anilines is 4. The third kappa shape index (κ3) is 8.91. The molecule has 0 saturated heterocycles. The summed E-state index contributed by atoms with van der Waals surface area (Å²) in [6.45, 7) is 0. The van der Waals surface area contributed by atoms with Crippen LogP contribution in [-0.2, 0) is 0 Å². The molecule has 0 amide bonds. The Morgan fingerprint density at radius 1 is 0.420 bits per heavy atom. The van der Waals surface area contributed by atoms with Gasteiger partial charge in [0.1, 0.15) is 0 Å². The van der Waals surface area contributed by atoms with Crippen molar-refractivity contribution in [2.24, 2.45) is 5.92 Å². The molecule has 0 aliphatic heterocycles. The standard InChI is InChI=1S/C45H50N4O/c1-46(2)39-22-14-34(15-23-39)43(35-16-24-40(25-17-35)47(3)4)30-33(32-45(50)38-12-10-9-11-13-38)31-44(36-18-26-41(27-19-36)48(5)6)37-20-28-42(29-21-37)49(7)8/h9-31,33H,32H2,1-8H3. The summed E-state index contributed by atoms with van der Waals surface area (Å²) in [5.74, 6) is -0.101. The summed E-state index contributed by atoms with van der Waals surface area (Å²) in [7, 11) is 16.4. The first-order valence-corrected chi connectivity index (χ1v) is 17.1. The predicted molar refractivity (Wildman–Crippen MR) is 216 cm³/mol. The lowest BCUT2D eigenvalue weighted by atomic mass is 9.87. The molecule has 0 heterocycles. The molecule has 0 N–H and O–H groups in total. The molecule has 256 valence electrons. The number of nitrogens with zero attached hydrogens (tertiary/aromatic N) is 4. The quantitative estimate of drug-likeness (QED) is 0.117. The van der Waals surface area contributed by atoms with Crippen LogP contribution in [0.3, 0.4) is 0 Å². The van der Waals surface area contributed by atoms with Crippen molar-refractivity contribution in [3.63, 3.8) is 0 Å². The molecule has 5 aromatic carbocycles. The maximum Gasteiger partial charge on any atom is 0.163 e. The summed E-state index contributed by atoms with van der Waals surface area (Å²) >= 11 is 0. The van der Waals surface area contributed by atoms with Crippen LogP contribution in [0.2, 0.25) is 0 Å². The van der Waals surface area contributed by atoms with E-state index in [0.717, 1.165) is 61.7 Å². The van der Waals surface area contributed by atoms with Gasteiger partial charge in [0.25, 0.3) is 0 Å². The normalized spacial score (nSPS) is 10.7. The van der Waals surface area contributed by atoms with Gasteiger partial charge in [0.15, 0.2) is 5.78 Å². The highest BCUT2D eigenvalue weighted by Gasteiger charge is 2.18. The van der Waals surface area contributed by atoms with E-state index < -0.39 is 0 Å². The number of carbonyl (C=O) groups is 1. The highest BCUT2D eigenvalue weighted by molar-refractivity contribution is 5.97. The van der Waals surface area contributed by atoms with Crippen molar-refractivity contribution >= 4 is 39.7 Å². The third-order valence-electron chi connectivity index (χ3n) is 9.06. The minimum atomic E-state index is -0.211. The molecule has 5 nitrogen and oxygen atoms in total. The molecule has 0 unspecified atom stereocenters. The van der Waals surface area contributed by atoms with E-state index in [9.17, 15) is 4.79 Å². The Bertz CT molecular complexity index is 1680. The summed E-state index contributed by atoms with van der Waals surface area (Å²) in [5, 5.41) is 0. The Morgan fingerprint density at radius 2 is 0.700 bits per heavy atom. The summed E-state index contributed by atoms with van der Waals surface area (Å²) in [4.78, 5) is 22.4. The van der Waals surface area contributed by atoms with Crippen LogP contribution in [0, 0.1) is 5.92 Å². The van der Waals surface area contributed by atoms with Gasteiger partial charge in [0, 0.05) is 97.0 Å². The first-order chi connectivity index (χ1) is 24.0. The molecule has 5 aromatic rings. The Kier molecular flexibility index (Phi) is 11.6. The van der Waals surface area contributed by atoms with Gasteiger partial charge in [0.2, 0.25) is 0 Å². The van der Waals surface area contributed by atoms with Crippen LogP contribution in [0.4, 0.5) is 22.7 Å². The summed E-state index contributed by atoms with van der Waals surface area (Å²) in [6.07, 6.45) is 4.91. The fourth-order valence-electron chi connectivity index (χ4n) is 6.02. The highest BCUT2D eigenvalue weighted by atomic mass is 16.1. The zero-order valence-corrected chi connectivity index (χ0v) is 30.8. The molecule has 0 spiro atoms. The number of hydrogen-bond acceptors (Lipinski definition) is 5. The topological polar surface area (TPSA) is 30.0 Å². The molecule has 5 rings (SSSR count). The largest absolute Gasteiger partial charge is 0.378 e. The molecule has 0 aliphatic carbocycles. The van der Waals surface area contributed by atoms with E-state index in [1.807, 2.05) is 30.3 Å². The number of hydrogen-bond donors (Lipinski definition) is 0. The number of allylic oxidation sites excluding steroid dienone is 2. The van der Waals surface area contributed by atoms with E-state index >= 15 is 0 Å². The second-order valence-electron chi connectivity index (χ2n) is 13.6. The highest BCUT2D eigenvalue weighted by Crippen LogP contribution is 2.34. The van der Waals surface area contributed by atoms with Gasteiger partial charge < -0.3 is 19.6 Å². The van der Waals surface area contributed by atoms with Gasteiger partial charge in [-0.3, -0.25) is 4.79 Å². The second kappa shape index (κ2) is 16.2. The van der Waals surface area contributed by atoms with Gasteiger partial charge in [-0.05, 0) is 81.9 Å². The first kappa shape index (κ1) is 35.7. The van der Waals surface area contributed by atoms with Crippen LogP contribution < -0.4 is 19.6 Å². The van der Waals surface area contributed by atoms with Crippen molar-refractivity contribution in [2.75, 3.05) is 76.0 Å². The van der Waals surface area contributed by atoms with Crippen LogP contribution in [0.1, 0.15) is 39.0 Å². The van der Waals surface area contributed by atoms with Crippen molar-refractivity contribution in [3.05, 3.63) is 167 Å². The number of carbonyl (C=O) groups excluding carboxylic acids is 1. The zero-order valence-electron chi connectivity index (χ0n) is 30.8. The molecule has 0 atom stereocenters. The molecule has 0 fully saturated rings. The predicted octanol–water partition coefficient (Wildman–Crippen LogP) is 9.40. The number of ketones is 1. The fourth-order valence-corrected chi connectivity index (χ4v) is 6.02. The number of benzene rings is 5. The molecule has 0 aliphatic rings. The minimum Gasteiger partial charge on any atom is -0.378 e. The smallest absolute Gasteiger partial charge is 0.163 e. The van der Waals surface area contributed by atoms with E-state index in [-0.39, 0.29) is 11.7 Å². The summed E-state index contributed by atoms with van der Waals surface area (Å²) in [5.41, 5.74) is 11.9. The zero-order chi connectivity index (χ0) is 35.8. The van der Waals surface area contributed by atoms with E-state index in [0.29, 0.717) is 6.42 Å². The minimum absolute atomic E-state index is 0.110. The lowest BCUT2D eigenvalue weighted by Gasteiger charge is -2.20. The maximum atomic E-state index is 14.0.